The third kappa shape index (κ3) is 4.88. The third-order valence-electron chi connectivity index (χ3n) is 4.89. The van der Waals surface area contributed by atoms with E-state index in [0.717, 1.165) is 17.7 Å². The van der Waals surface area contributed by atoms with Gasteiger partial charge in [-0.2, -0.15) is 13.2 Å². The predicted molar refractivity (Wildman–Crippen MR) is 96.8 cm³/mol. The summed E-state index contributed by atoms with van der Waals surface area (Å²) in [5.41, 5.74) is 6.03. The fourth-order valence-corrected chi connectivity index (χ4v) is 3.51. The summed E-state index contributed by atoms with van der Waals surface area (Å²) in [5.74, 6) is -1.28. The molecule has 0 bridgehead atoms. The molecule has 1 aliphatic heterocycles. The lowest BCUT2D eigenvalue weighted by molar-refractivity contribution is -0.138. The number of nitrogens with zero attached hydrogens (tertiary/aromatic N) is 1. The van der Waals surface area contributed by atoms with Gasteiger partial charge in [-0.1, -0.05) is 36.4 Å². The van der Waals surface area contributed by atoms with E-state index in [1.165, 1.54) is 0 Å². The Morgan fingerprint density at radius 2 is 1.86 bits per heavy atom. The van der Waals surface area contributed by atoms with E-state index in [0.29, 0.717) is 19.2 Å². The molecule has 2 atom stereocenters. The van der Waals surface area contributed by atoms with Gasteiger partial charge in [-0.05, 0) is 23.3 Å². The van der Waals surface area contributed by atoms with Crippen molar-refractivity contribution in [3.8, 4) is 0 Å². The van der Waals surface area contributed by atoms with Gasteiger partial charge in [-0.25, -0.2) is 4.39 Å². The Kier molecular flexibility index (Phi) is 6.00. The molecule has 0 aromatic heterocycles. The minimum absolute atomic E-state index is 0.0412. The summed E-state index contributed by atoms with van der Waals surface area (Å²) in [6.45, 7) is 0.843. The fraction of sp³-hybridized carbons (Fsp3) is 0.350. The van der Waals surface area contributed by atoms with Gasteiger partial charge in [-0.15, -0.1) is 0 Å². The van der Waals surface area contributed by atoms with E-state index in [1.54, 1.807) is 0 Å². The maximum absolute atomic E-state index is 13.2. The van der Waals surface area contributed by atoms with Gasteiger partial charge in [0.15, 0.2) is 0 Å². The van der Waals surface area contributed by atoms with E-state index in [-0.39, 0.29) is 30.6 Å². The first kappa shape index (κ1) is 20.3. The Morgan fingerprint density at radius 1 is 1.14 bits per heavy atom. The maximum Gasteiger partial charge on any atom is 0.416 e. The second-order valence-corrected chi connectivity index (χ2v) is 6.95. The second-order valence-electron chi connectivity index (χ2n) is 6.95. The normalized spacial score (nSPS) is 20.3. The van der Waals surface area contributed by atoms with Crippen LogP contribution in [0.2, 0.25) is 0 Å². The molecule has 1 aliphatic rings. The zero-order chi connectivity index (χ0) is 20.3. The number of nitrogens with one attached hydrogen (secondary N) is 1. The molecule has 3 N–H and O–H groups in total. The number of carbonyl (C=O) groups is 1. The summed E-state index contributed by atoms with van der Waals surface area (Å²) in [7, 11) is 0. The summed E-state index contributed by atoms with van der Waals surface area (Å²) in [6.07, 6.45) is -4.69. The van der Waals surface area contributed by atoms with Crippen molar-refractivity contribution in [3.63, 3.8) is 0 Å². The molecule has 4 nitrogen and oxygen atoms in total. The highest BCUT2D eigenvalue weighted by Crippen LogP contribution is 2.32. The van der Waals surface area contributed by atoms with Crippen LogP contribution >= 0.6 is 0 Å². The van der Waals surface area contributed by atoms with Crippen molar-refractivity contribution in [1.29, 1.82) is 0 Å². The topological polar surface area (TPSA) is 58.4 Å². The van der Waals surface area contributed by atoms with Gasteiger partial charge >= 0.3 is 6.18 Å². The van der Waals surface area contributed by atoms with E-state index in [4.69, 9.17) is 5.73 Å². The van der Waals surface area contributed by atoms with Crippen LogP contribution in [0.1, 0.15) is 22.6 Å². The summed E-state index contributed by atoms with van der Waals surface area (Å²) < 4.78 is 52.2. The highest BCUT2D eigenvalue weighted by Gasteiger charge is 2.34. The molecule has 0 aliphatic carbocycles. The van der Waals surface area contributed by atoms with Gasteiger partial charge in [0.05, 0.1) is 12.1 Å². The molecule has 0 unspecified atom stereocenters. The van der Waals surface area contributed by atoms with Crippen LogP contribution < -0.4 is 11.1 Å². The molecule has 2 aromatic rings. The number of amides is 1. The Morgan fingerprint density at radius 3 is 2.54 bits per heavy atom. The Bertz CT molecular complexity index is 826. The van der Waals surface area contributed by atoms with Crippen molar-refractivity contribution >= 4 is 5.91 Å². The van der Waals surface area contributed by atoms with Crippen LogP contribution in [0.15, 0.2) is 48.5 Å². The van der Waals surface area contributed by atoms with Crippen molar-refractivity contribution in [2.24, 2.45) is 5.73 Å². The van der Waals surface area contributed by atoms with Crippen LogP contribution in [-0.4, -0.2) is 36.5 Å². The van der Waals surface area contributed by atoms with Crippen LogP contribution in [0.25, 0.3) is 0 Å². The first-order valence-electron chi connectivity index (χ1n) is 8.89. The monoisotopic (exact) mass is 395 g/mol. The Labute approximate surface area is 160 Å². The minimum atomic E-state index is -4.69. The van der Waals surface area contributed by atoms with E-state index < -0.39 is 23.5 Å². The molecular weight excluding hydrogens is 374 g/mol. The smallest absolute Gasteiger partial charge is 0.351 e. The Balaban J connectivity index is 1.57. The summed E-state index contributed by atoms with van der Waals surface area (Å²) >= 11 is 0. The van der Waals surface area contributed by atoms with Crippen LogP contribution in [0.3, 0.4) is 0 Å². The molecule has 28 heavy (non-hydrogen) atoms. The van der Waals surface area contributed by atoms with Crippen molar-refractivity contribution in [3.05, 3.63) is 71.0 Å². The first-order chi connectivity index (χ1) is 13.2. The quantitative estimate of drug-likeness (QED) is 0.766. The van der Waals surface area contributed by atoms with Gasteiger partial charge in [-0.3, -0.25) is 9.69 Å². The third-order valence-corrected chi connectivity index (χ3v) is 4.89. The maximum atomic E-state index is 13.2. The van der Waals surface area contributed by atoms with Crippen molar-refractivity contribution in [2.75, 3.05) is 19.6 Å². The van der Waals surface area contributed by atoms with E-state index in [9.17, 15) is 22.4 Å². The lowest BCUT2D eigenvalue weighted by atomic mass is 9.95. The molecule has 0 saturated carbocycles. The van der Waals surface area contributed by atoms with Crippen LogP contribution in [-0.2, 0) is 17.5 Å². The van der Waals surface area contributed by atoms with Crippen molar-refractivity contribution < 1.29 is 22.4 Å². The molecule has 1 heterocycles. The molecule has 0 spiro atoms. The standard InChI is InChI=1S/C20H21F4N3O/c21-15-7-6-14(17(8-15)20(22,23)24)9-26-19(28)12-27-10-16(18(25)11-27)13-4-2-1-3-5-13/h1-8,16,18H,9-12,25H2,(H,26,28)/t16-,18+/m0/s1. The number of rotatable bonds is 5. The summed E-state index contributed by atoms with van der Waals surface area (Å²) in [5, 5.41) is 2.48. The summed E-state index contributed by atoms with van der Waals surface area (Å²) in [4.78, 5) is 14.1. The average Bonchev–Trinajstić information content (AvgIpc) is 3.00. The van der Waals surface area contributed by atoms with Crippen molar-refractivity contribution in [1.82, 2.24) is 10.2 Å². The van der Waals surface area contributed by atoms with Gasteiger partial charge in [0.1, 0.15) is 5.82 Å². The number of halogens is 4. The number of benzene rings is 2. The Hall–Kier alpha value is -2.45. The predicted octanol–water partition coefficient (Wildman–Crippen LogP) is 2.89. The number of likely N-dealkylation sites (tertiary alicyclic amines) is 1. The molecule has 8 heteroatoms. The highest BCUT2D eigenvalue weighted by atomic mass is 19.4. The van der Waals surface area contributed by atoms with Crippen LogP contribution in [0.5, 0.6) is 0 Å². The van der Waals surface area contributed by atoms with E-state index in [2.05, 4.69) is 5.32 Å². The molecule has 1 amide bonds. The minimum Gasteiger partial charge on any atom is -0.351 e. The van der Waals surface area contributed by atoms with Crippen LogP contribution in [0, 0.1) is 5.82 Å². The second kappa shape index (κ2) is 8.28. The number of carbonyl (C=O) groups excluding carboxylic acids is 1. The number of hydrogen-bond acceptors (Lipinski definition) is 3. The van der Waals surface area contributed by atoms with Crippen molar-refractivity contribution in [2.45, 2.75) is 24.7 Å². The lowest BCUT2D eigenvalue weighted by Gasteiger charge is -2.17. The molecular formula is C20H21F4N3O. The zero-order valence-corrected chi connectivity index (χ0v) is 15.0. The number of alkyl halides is 3. The summed E-state index contributed by atoms with van der Waals surface area (Å²) in [6, 6.07) is 12.0. The molecule has 2 aromatic carbocycles. The molecule has 150 valence electrons. The van der Waals surface area contributed by atoms with Gasteiger partial charge in [0, 0.05) is 31.6 Å². The van der Waals surface area contributed by atoms with Gasteiger partial charge in [0.25, 0.3) is 0 Å². The van der Waals surface area contributed by atoms with E-state index >= 15 is 0 Å². The van der Waals surface area contributed by atoms with E-state index in [1.807, 2.05) is 35.2 Å². The van der Waals surface area contributed by atoms with Crippen LogP contribution in [0.4, 0.5) is 17.6 Å². The van der Waals surface area contributed by atoms with Gasteiger partial charge in [0.2, 0.25) is 5.91 Å². The number of hydrogen-bond donors (Lipinski definition) is 2. The molecule has 1 saturated heterocycles. The molecule has 0 radical (unpaired) electrons. The first-order valence-corrected chi connectivity index (χ1v) is 8.89. The SMILES string of the molecule is N[C@@H]1CN(CC(=O)NCc2ccc(F)cc2C(F)(F)F)C[C@H]1c1ccccc1. The lowest BCUT2D eigenvalue weighted by Crippen LogP contribution is -2.37. The zero-order valence-electron chi connectivity index (χ0n) is 15.0. The number of nitrogens with two attached hydrogens (primary N) is 1. The molecule has 1 fully saturated rings. The van der Waals surface area contributed by atoms with Gasteiger partial charge < -0.3 is 11.1 Å². The average molecular weight is 395 g/mol. The highest BCUT2D eigenvalue weighted by molar-refractivity contribution is 5.78. The largest absolute Gasteiger partial charge is 0.416 e. The fourth-order valence-electron chi connectivity index (χ4n) is 3.51. The molecule has 3 rings (SSSR count).